The van der Waals surface area contributed by atoms with Crippen LogP contribution in [-0.2, 0) is 4.79 Å². The van der Waals surface area contributed by atoms with E-state index in [1.54, 1.807) is 23.9 Å². The van der Waals surface area contributed by atoms with Crippen molar-refractivity contribution in [3.05, 3.63) is 29.8 Å². The Hall–Kier alpha value is -1.00. The van der Waals surface area contributed by atoms with Gasteiger partial charge >= 0.3 is 5.97 Å². The summed E-state index contributed by atoms with van der Waals surface area (Å²) in [4.78, 5) is 11.4. The number of rotatable bonds is 4. The highest BCUT2D eigenvalue weighted by molar-refractivity contribution is 7.98. The van der Waals surface area contributed by atoms with Gasteiger partial charge in [-0.3, -0.25) is 4.79 Å². The van der Waals surface area contributed by atoms with Crippen LogP contribution in [0.5, 0.6) is 0 Å². The van der Waals surface area contributed by atoms with Crippen molar-refractivity contribution in [3.8, 4) is 0 Å². The molecule has 0 aliphatic rings. The minimum atomic E-state index is -0.993. The standard InChI is InChI=1S/C10H12O3S/c1-14-8-4-2-3-7(5-8)9(11)6-10(12)13/h2-5,9,11H,6H2,1H3,(H,12,13)/t9-/m1/s1. The van der Waals surface area contributed by atoms with Crippen LogP contribution < -0.4 is 0 Å². The first-order chi connectivity index (χ1) is 6.63. The van der Waals surface area contributed by atoms with E-state index in [-0.39, 0.29) is 6.42 Å². The van der Waals surface area contributed by atoms with Gasteiger partial charge in [0.25, 0.3) is 0 Å². The maximum absolute atomic E-state index is 10.4. The lowest BCUT2D eigenvalue weighted by atomic mass is 10.1. The molecule has 0 aromatic heterocycles. The minimum absolute atomic E-state index is 0.252. The number of hydrogen-bond acceptors (Lipinski definition) is 3. The van der Waals surface area contributed by atoms with Crippen molar-refractivity contribution in [3.63, 3.8) is 0 Å². The Bertz CT molecular complexity index is 325. The second-order valence-electron chi connectivity index (χ2n) is 2.89. The molecular formula is C10H12O3S. The van der Waals surface area contributed by atoms with E-state index in [0.29, 0.717) is 5.56 Å². The van der Waals surface area contributed by atoms with Crippen molar-refractivity contribution in [2.75, 3.05) is 6.26 Å². The fourth-order valence-corrected chi connectivity index (χ4v) is 1.60. The molecule has 0 radical (unpaired) electrons. The van der Waals surface area contributed by atoms with Gasteiger partial charge in [-0.1, -0.05) is 12.1 Å². The number of aliphatic hydroxyl groups excluding tert-OH is 1. The quantitative estimate of drug-likeness (QED) is 0.749. The largest absolute Gasteiger partial charge is 0.481 e. The maximum atomic E-state index is 10.4. The molecule has 1 aromatic carbocycles. The molecule has 0 heterocycles. The summed E-state index contributed by atoms with van der Waals surface area (Å²) in [5.74, 6) is -0.993. The molecule has 0 saturated heterocycles. The van der Waals surface area contributed by atoms with E-state index >= 15 is 0 Å². The maximum Gasteiger partial charge on any atom is 0.306 e. The molecule has 0 aliphatic heterocycles. The Morgan fingerprint density at radius 2 is 2.29 bits per heavy atom. The molecule has 0 bridgehead atoms. The lowest BCUT2D eigenvalue weighted by Gasteiger charge is -2.08. The third-order valence-corrected chi connectivity index (χ3v) is 2.57. The van der Waals surface area contributed by atoms with Crippen molar-refractivity contribution in [2.24, 2.45) is 0 Å². The smallest absolute Gasteiger partial charge is 0.306 e. The summed E-state index contributed by atoms with van der Waals surface area (Å²) in [6.07, 6.45) is 0.764. The van der Waals surface area contributed by atoms with E-state index in [2.05, 4.69) is 0 Å². The first kappa shape index (κ1) is 11.1. The second-order valence-corrected chi connectivity index (χ2v) is 3.77. The summed E-state index contributed by atoms with van der Waals surface area (Å²) in [7, 11) is 0. The molecule has 0 saturated carbocycles. The number of hydrogen-bond donors (Lipinski definition) is 2. The monoisotopic (exact) mass is 212 g/mol. The molecule has 76 valence electrons. The van der Waals surface area contributed by atoms with E-state index < -0.39 is 12.1 Å². The number of aliphatic hydroxyl groups is 1. The van der Waals surface area contributed by atoms with E-state index in [1.165, 1.54) is 0 Å². The van der Waals surface area contributed by atoms with Crippen molar-refractivity contribution in [1.82, 2.24) is 0 Å². The van der Waals surface area contributed by atoms with Crippen molar-refractivity contribution >= 4 is 17.7 Å². The van der Waals surface area contributed by atoms with E-state index in [9.17, 15) is 9.90 Å². The van der Waals surface area contributed by atoms with E-state index in [4.69, 9.17) is 5.11 Å². The number of carbonyl (C=O) groups is 1. The van der Waals surface area contributed by atoms with Gasteiger partial charge in [0.1, 0.15) is 0 Å². The van der Waals surface area contributed by atoms with Crippen LogP contribution in [-0.4, -0.2) is 22.4 Å². The summed E-state index contributed by atoms with van der Waals surface area (Å²) in [6, 6.07) is 7.26. The highest BCUT2D eigenvalue weighted by Gasteiger charge is 2.11. The van der Waals surface area contributed by atoms with Crippen LogP contribution in [0.1, 0.15) is 18.1 Å². The minimum Gasteiger partial charge on any atom is -0.481 e. The van der Waals surface area contributed by atoms with Crippen molar-refractivity contribution in [1.29, 1.82) is 0 Å². The zero-order valence-electron chi connectivity index (χ0n) is 7.80. The van der Waals surface area contributed by atoms with Gasteiger partial charge in [-0.25, -0.2) is 0 Å². The SMILES string of the molecule is CSc1cccc([C@H](O)CC(=O)O)c1. The summed E-state index contributed by atoms with van der Waals surface area (Å²) in [5, 5.41) is 18.0. The molecule has 1 atom stereocenters. The van der Waals surface area contributed by atoms with Gasteiger partial charge in [0, 0.05) is 4.90 Å². The third kappa shape index (κ3) is 3.05. The number of thioether (sulfide) groups is 1. The molecule has 1 rings (SSSR count). The first-order valence-electron chi connectivity index (χ1n) is 4.17. The van der Waals surface area contributed by atoms with Gasteiger partial charge in [0.05, 0.1) is 12.5 Å². The lowest BCUT2D eigenvalue weighted by molar-refractivity contribution is -0.139. The van der Waals surface area contributed by atoms with Gasteiger partial charge in [-0.15, -0.1) is 11.8 Å². The van der Waals surface area contributed by atoms with Crippen molar-refractivity contribution < 1.29 is 15.0 Å². The second kappa shape index (κ2) is 5.02. The van der Waals surface area contributed by atoms with Gasteiger partial charge < -0.3 is 10.2 Å². The van der Waals surface area contributed by atoms with Gasteiger partial charge in [0.15, 0.2) is 0 Å². The van der Waals surface area contributed by atoms with Crippen LogP contribution in [0.2, 0.25) is 0 Å². The molecule has 3 nitrogen and oxygen atoms in total. The number of aliphatic carboxylic acids is 1. The average molecular weight is 212 g/mol. The van der Waals surface area contributed by atoms with Crippen molar-refractivity contribution in [2.45, 2.75) is 17.4 Å². The van der Waals surface area contributed by atoms with Crippen LogP contribution in [0.4, 0.5) is 0 Å². The molecule has 0 aliphatic carbocycles. The number of carboxylic acid groups (broad SMARTS) is 1. The summed E-state index contributed by atoms with van der Waals surface area (Å²) in [6.45, 7) is 0. The highest BCUT2D eigenvalue weighted by Crippen LogP contribution is 2.22. The normalized spacial score (nSPS) is 12.4. The molecule has 0 amide bonds. The Morgan fingerprint density at radius 3 is 2.86 bits per heavy atom. The van der Waals surface area contributed by atoms with Gasteiger partial charge in [-0.05, 0) is 24.0 Å². The predicted molar refractivity (Wildman–Crippen MR) is 55.4 cm³/mol. The lowest BCUT2D eigenvalue weighted by Crippen LogP contribution is -2.05. The first-order valence-corrected chi connectivity index (χ1v) is 5.39. The summed E-state index contributed by atoms with van der Waals surface area (Å²) < 4.78 is 0. The fraction of sp³-hybridized carbons (Fsp3) is 0.300. The van der Waals surface area contributed by atoms with Crippen LogP contribution in [0.15, 0.2) is 29.2 Å². The molecule has 2 N–H and O–H groups in total. The average Bonchev–Trinajstić information content (AvgIpc) is 2.17. The molecule has 0 unspecified atom stereocenters. The zero-order valence-corrected chi connectivity index (χ0v) is 8.62. The molecule has 4 heteroatoms. The zero-order chi connectivity index (χ0) is 10.6. The van der Waals surface area contributed by atoms with Crippen LogP contribution >= 0.6 is 11.8 Å². The van der Waals surface area contributed by atoms with Gasteiger partial charge in [0.2, 0.25) is 0 Å². The topological polar surface area (TPSA) is 57.5 Å². The summed E-state index contributed by atoms with van der Waals surface area (Å²) >= 11 is 1.56. The third-order valence-electron chi connectivity index (χ3n) is 1.85. The molecule has 14 heavy (non-hydrogen) atoms. The molecule has 0 fully saturated rings. The van der Waals surface area contributed by atoms with Crippen LogP contribution in [0.25, 0.3) is 0 Å². The molecule has 0 spiro atoms. The van der Waals surface area contributed by atoms with E-state index in [0.717, 1.165) is 4.90 Å². The number of benzene rings is 1. The fourth-order valence-electron chi connectivity index (χ4n) is 1.13. The van der Waals surface area contributed by atoms with E-state index in [1.807, 2.05) is 18.4 Å². The Balaban J connectivity index is 2.78. The highest BCUT2D eigenvalue weighted by atomic mass is 32.2. The predicted octanol–water partition coefficient (Wildman–Crippen LogP) is 1.92. The van der Waals surface area contributed by atoms with Crippen LogP contribution in [0.3, 0.4) is 0 Å². The molecular weight excluding hydrogens is 200 g/mol. The number of carboxylic acids is 1. The summed E-state index contributed by atoms with van der Waals surface area (Å²) in [5.41, 5.74) is 0.652. The Kier molecular flexibility index (Phi) is 3.98. The van der Waals surface area contributed by atoms with Gasteiger partial charge in [-0.2, -0.15) is 0 Å². The Labute approximate surface area is 86.8 Å². The molecule has 1 aromatic rings. The Morgan fingerprint density at radius 1 is 1.57 bits per heavy atom. The van der Waals surface area contributed by atoms with Crippen LogP contribution in [0, 0.1) is 0 Å².